The van der Waals surface area contributed by atoms with Crippen molar-refractivity contribution in [2.75, 3.05) is 5.73 Å². The Bertz CT molecular complexity index is 949. The zero-order valence-corrected chi connectivity index (χ0v) is 13.5. The van der Waals surface area contributed by atoms with Crippen LogP contribution in [-0.2, 0) is 19.9 Å². The maximum absolute atomic E-state index is 6.27. The van der Waals surface area contributed by atoms with Gasteiger partial charge in [0.15, 0.2) is 0 Å². The summed E-state index contributed by atoms with van der Waals surface area (Å²) in [6, 6.07) is 18.4. The Kier molecular flexibility index (Phi) is 3.54. The first-order valence-electron chi connectivity index (χ1n) is 8.03. The predicted molar refractivity (Wildman–Crippen MR) is 96.6 cm³/mol. The summed E-state index contributed by atoms with van der Waals surface area (Å²) in [5.41, 5.74) is 11.4. The van der Waals surface area contributed by atoms with Crippen LogP contribution in [0.3, 0.4) is 0 Å². The van der Waals surface area contributed by atoms with Crippen LogP contribution in [-0.4, -0.2) is 19.7 Å². The monoisotopic (exact) mass is 317 g/mol. The molecule has 0 radical (unpaired) electrons. The molecule has 0 aliphatic carbocycles. The number of rotatable bonds is 4. The van der Waals surface area contributed by atoms with Gasteiger partial charge in [0.25, 0.3) is 0 Å². The zero-order chi connectivity index (χ0) is 16.5. The molecule has 0 aliphatic heterocycles. The van der Waals surface area contributed by atoms with Crippen molar-refractivity contribution in [3.63, 3.8) is 0 Å². The molecule has 4 aromatic rings. The van der Waals surface area contributed by atoms with Crippen LogP contribution in [0.2, 0.25) is 0 Å². The molecule has 0 saturated heterocycles. The van der Waals surface area contributed by atoms with E-state index in [1.165, 1.54) is 5.56 Å². The minimum Gasteiger partial charge on any atom is -0.383 e. The minimum absolute atomic E-state index is 0.636. The van der Waals surface area contributed by atoms with Crippen LogP contribution < -0.4 is 5.73 Å². The molecule has 3 N–H and O–H groups in total. The van der Waals surface area contributed by atoms with Gasteiger partial charge in [-0.15, -0.1) is 0 Å². The molecule has 2 aromatic carbocycles. The number of anilines is 1. The van der Waals surface area contributed by atoms with Gasteiger partial charge in [-0.25, -0.2) is 4.98 Å². The van der Waals surface area contributed by atoms with Gasteiger partial charge in [-0.05, 0) is 30.5 Å². The maximum atomic E-state index is 6.27. The highest BCUT2D eigenvalue weighted by Gasteiger charge is 2.18. The molecular formula is C19H19N5. The van der Waals surface area contributed by atoms with Crippen LogP contribution in [0.4, 0.5) is 5.82 Å². The Balaban J connectivity index is 1.72. The highest BCUT2D eigenvalue weighted by atomic mass is 15.3. The molecule has 0 bridgehead atoms. The average molecular weight is 317 g/mol. The zero-order valence-electron chi connectivity index (χ0n) is 13.5. The number of H-pyrrole nitrogens is 1. The van der Waals surface area contributed by atoms with E-state index in [1.54, 1.807) is 4.68 Å². The first-order chi connectivity index (χ1) is 11.7. The van der Waals surface area contributed by atoms with Gasteiger partial charge >= 0.3 is 0 Å². The lowest BCUT2D eigenvalue weighted by atomic mass is 10.1. The molecule has 0 amide bonds. The lowest BCUT2D eigenvalue weighted by Gasteiger charge is -2.02. The van der Waals surface area contributed by atoms with Crippen molar-refractivity contribution in [2.24, 2.45) is 7.05 Å². The molecule has 0 saturated carbocycles. The van der Waals surface area contributed by atoms with Gasteiger partial charge in [-0.1, -0.05) is 42.5 Å². The van der Waals surface area contributed by atoms with Crippen molar-refractivity contribution in [3.05, 3.63) is 65.9 Å². The Morgan fingerprint density at radius 2 is 1.75 bits per heavy atom. The largest absolute Gasteiger partial charge is 0.383 e. The summed E-state index contributed by atoms with van der Waals surface area (Å²) < 4.78 is 1.73. The van der Waals surface area contributed by atoms with Gasteiger partial charge in [0.1, 0.15) is 11.6 Å². The second kappa shape index (κ2) is 5.85. The first-order valence-corrected chi connectivity index (χ1v) is 8.03. The highest BCUT2D eigenvalue weighted by molar-refractivity contribution is 5.82. The van der Waals surface area contributed by atoms with Gasteiger partial charge in [-0.2, -0.15) is 5.10 Å². The number of nitrogens with one attached hydrogen (secondary N) is 1. The molecule has 0 spiro atoms. The van der Waals surface area contributed by atoms with E-state index in [4.69, 9.17) is 5.73 Å². The number of benzene rings is 2. The second-order valence-electron chi connectivity index (χ2n) is 5.92. The number of imidazole rings is 1. The molecule has 2 heterocycles. The quantitative estimate of drug-likeness (QED) is 0.606. The number of aromatic nitrogens is 4. The maximum Gasteiger partial charge on any atom is 0.144 e. The van der Waals surface area contributed by atoms with Crippen LogP contribution in [0.5, 0.6) is 0 Å². The summed E-state index contributed by atoms with van der Waals surface area (Å²) in [4.78, 5) is 8.04. The Morgan fingerprint density at radius 1 is 1.00 bits per heavy atom. The van der Waals surface area contributed by atoms with Crippen LogP contribution in [0.25, 0.3) is 22.4 Å². The van der Waals surface area contributed by atoms with Crippen LogP contribution in [0.15, 0.2) is 54.6 Å². The Hall–Kier alpha value is -3.08. The van der Waals surface area contributed by atoms with Crippen LogP contribution in [0, 0.1) is 0 Å². The molecular weight excluding hydrogens is 298 g/mol. The van der Waals surface area contributed by atoms with Crippen molar-refractivity contribution in [2.45, 2.75) is 12.8 Å². The van der Waals surface area contributed by atoms with Gasteiger partial charge in [0.05, 0.1) is 22.3 Å². The summed E-state index contributed by atoms with van der Waals surface area (Å²) in [7, 11) is 1.87. The first kappa shape index (κ1) is 14.5. The average Bonchev–Trinajstić information content (AvgIpc) is 3.15. The fourth-order valence-corrected chi connectivity index (χ4v) is 3.01. The molecule has 4 rings (SSSR count). The molecule has 5 nitrogen and oxygen atoms in total. The SMILES string of the molecule is Cn1nc(CCc2ccccc2)c(-c2nc3ccccc3[nH]2)c1N. The molecule has 24 heavy (non-hydrogen) atoms. The van der Waals surface area contributed by atoms with Crippen molar-refractivity contribution in [1.82, 2.24) is 19.7 Å². The van der Waals surface area contributed by atoms with Gasteiger partial charge < -0.3 is 10.7 Å². The minimum atomic E-state index is 0.636. The molecule has 2 aromatic heterocycles. The fourth-order valence-electron chi connectivity index (χ4n) is 3.01. The van der Waals surface area contributed by atoms with E-state index in [-0.39, 0.29) is 0 Å². The lowest BCUT2D eigenvalue weighted by molar-refractivity contribution is 0.745. The second-order valence-corrected chi connectivity index (χ2v) is 5.92. The van der Waals surface area contributed by atoms with E-state index in [1.807, 2.05) is 37.4 Å². The smallest absolute Gasteiger partial charge is 0.144 e. The highest BCUT2D eigenvalue weighted by Crippen LogP contribution is 2.29. The normalized spacial score (nSPS) is 11.2. The van der Waals surface area contributed by atoms with E-state index in [9.17, 15) is 0 Å². The Labute approximate surface area is 140 Å². The van der Waals surface area contributed by atoms with Crippen LogP contribution in [0.1, 0.15) is 11.3 Å². The molecule has 5 heteroatoms. The summed E-state index contributed by atoms with van der Waals surface area (Å²) >= 11 is 0. The number of nitrogens with zero attached hydrogens (tertiary/aromatic N) is 3. The summed E-state index contributed by atoms with van der Waals surface area (Å²) in [5, 5.41) is 4.60. The molecule has 0 atom stereocenters. The summed E-state index contributed by atoms with van der Waals surface area (Å²) in [6.45, 7) is 0. The third-order valence-corrected chi connectivity index (χ3v) is 4.28. The van der Waals surface area contributed by atoms with Crippen LogP contribution >= 0.6 is 0 Å². The van der Waals surface area contributed by atoms with E-state index < -0.39 is 0 Å². The number of para-hydroxylation sites is 2. The number of hydrogen-bond acceptors (Lipinski definition) is 3. The molecule has 0 fully saturated rings. The van der Waals surface area contributed by atoms with Crippen molar-refractivity contribution < 1.29 is 0 Å². The van der Waals surface area contributed by atoms with E-state index >= 15 is 0 Å². The summed E-state index contributed by atoms with van der Waals surface area (Å²) in [6.07, 6.45) is 1.74. The van der Waals surface area contributed by atoms with Crippen molar-refractivity contribution in [1.29, 1.82) is 0 Å². The number of aryl methyl sites for hydroxylation is 3. The third kappa shape index (κ3) is 2.54. The fraction of sp³-hybridized carbons (Fsp3) is 0.158. The van der Waals surface area contributed by atoms with E-state index in [0.717, 1.165) is 41.0 Å². The van der Waals surface area contributed by atoms with Gasteiger partial charge in [0.2, 0.25) is 0 Å². The lowest BCUT2D eigenvalue weighted by Crippen LogP contribution is -1.98. The van der Waals surface area contributed by atoms with E-state index in [2.05, 4.69) is 39.3 Å². The predicted octanol–water partition coefficient (Wildman–Crippen LogP) is 3.33. The van der Waals surface area contributed by atoms with Crippen molar-refractivity contribution >= 4 is 16.9 Å². The topological polar surface area (TPSA) is 72.5 Å². The van der Waals surface area contributed by atoms with Crippen molar-refractivity contribution in [3.8, 4) is 11.4 Å². The molecule has 120 valence electrons. The summed E-state index contributed by atoms with van der Waals surface area (Å²) in [5.74, 6) is 1.42. The third-order valence-electron chi connectivity index (χ3n) is 4.28. The number of nitrogens with two attached hydrogens (primary N) is 1. The van der Waals surface area contributed by atoms with E-state index in [0.29, 0.717) is 5.82 Å². The van der Waals surface area contributed by atoms with Gasteiger partial charge in [0, 0.05) is 7.05 Å². The number of fused-ring (bicyclic) bond motifs is 1. The number of nitrogen functional groups attached to an aromatic ring is 1. The number of aromatic amines is 1. The standard InChI is InChI=1S/C19H19N5/c1-24-18(20)17(19-21-14-9-5-6-10-15(14)22-19)16(23-24)12-11-13-7-3-2-4-8-13/h2-10H,11-12,20H2,1H3,(H,21,22). The molecule has 0 aliphatic rings. The number of hydrogen-bond donors (Lipinski definition) is 2. The Morgan fingerprint density at radius 3 is 2.54 bits per heavy atom. The molecule has 0 unspecified atom stereocenters. The van der Waals surface area contributed by atoms with Gasteiger partial charge in [-0.3, -0.25) is 4.68 Å².